The molecule has 0 fully saturated rings. The second-order valence-corrected chi connectivity index (χ2v) is 5.85. The van der Waals surface area contributed by atoms with E-state index < -0.39 is 0 Å². The van der Waals surface area contributed by atoms with Gasteiger partial charge in [-0.05, 0) is 45.0 Å². The van der Waals surface area contributed by atoms with Gasteiger partial charge in [0.05, 0.1) is 29.4 Å². The van der Waals surface area contributed by atoms with Gasteiger partial charge in [0.2, 0.25) is 0 Å². The number of nitrogens with zero attached hydrogens (tertiary/aromatic N) is 1. The van der Waals surface area contributed by atoms with Crippen molar-refractivity contribution in [2.45, 2.75) is 26.8 Å². The number of carbonyl (C=O) groups is 1. The first-order valence-electron chi connectivity index (χ1n) is 6.40. The van der Waals surface area contributed by atoms with Crippen LogP contribution in [-0.4, -0.2) is 18.1 Å². The SMILES string of the molecule is COC(=O)c1ccc(NC(C)c2sc(C)nc2C)cc1. The van der Waals surface area contributed by atoms with E-state index in [-0.39, 0.29) is 12.0 Å². The van der Waals surface area contributed by atoms with Gasteiger partial charge in [-0.1, -0.05) is 0 Å². The predicted molar refractivity (Wildman–Crippen MR) is 81.4 cm³/mol. The zero-order chi connectivity index (χ0) is 14.7. The normalized spacial score (nSPS) is 12.0. The Morgan fingerprint density at radius 3 is 2.45 bits per heavy atom. The molecule has 0 saturated carbocycles. The van der Waals surface area contributed by atoms with Crippen LogP contribution in [0, 0.1) is 13.8 Å². The standard InChI is InChI=1S/C15H18N2O2S/c1-9-14(20-11(3)16-9)10(2)17-13-7-5-12(6-8-13)15(18)19-4/h5-8,10,17H,1-4H3. The van der Waals surface area contributed by atoms with Crippen molar-refractivity contribution in [3.05, 3.63) is 45.4 Å². The van der Waals surface area contributed by atoms with Gasteiger partial charge in [-0.3, -0.25) is 0 Å². The second-order valence-electron chi connectivity index (χ2n) is 4.62. The highest BCUT2D eigenvalue weighted by molar-refractivity contribution is 7.11. The Hall–Kier alpha value is -1.88. The summed E-state index contributed by atoms with van der Waals surface area (Å²) >= 11 is 1.71. The van der Waals surface area contributed by atoms with Gasteiger partial charge < -0.3 is 10.1 Å². The molecule has 0 aliphatic carbocycles. The van der Waals surface area contributed by atoms with Crippen LogP contribution in [-0.2, 0) is 4.74 Å². The number of thiazole rings is 1. The molecule has 2 aromatic rings. The second kappa shape index (κ2) is 6.05. The summed E-state index contributed by atoms with van der Waals surface area (Å²) < 4.78 is 4.68. The number of esters is 1. The Morgan fingerprint density at radius 1 is 1.30 bits per heavy atom. The Bertz CT molecular complexity index is 605. The fourth-order valence-electron chi connectivity index (χ4n) is 2.08. The van der Waals surface area contributed by atoms with Crippen molar-refractivity contribution in [3.8, 4) is 0 Å². The lowest BCUT2D eigenvalue weighted by Crippen LogP contribution is -2.07. The third kappa shape index (κ3) is 3.17. The molecule has 1 heterocycles. The number of aryl methyl sites for hydroxylation is 2. The van der Waals surface area contributed by atoms with Crippen molar-refractivity contribution >= 4 is 23.0 Å². The number of aromatic nitrogens is 1. The summed E-state index contributed by atoms with van der Waals surface area (Å²) in [6, 6.07) is 7.46. The Morgan fingerprint density at radius 2 is 1.95 bits per heavy atom. The summed E-state index contributed by atoms with van der Waals surface area (Å²) in [6.45, 7) is 6.14. The Balaban J connectivity index is 2.10. The van der Waals surface area contributed by atoms with Crippen molar-refractivity contribution in [2.24, 2.45) is 0 Å². The number of hydrogen-bond acceptors (Lipinski definition) is 5. The minimum absolute atomic E-state index is 0.185. The van der Waals surface area contributed by atoms with Crippen molar-refractivity contribution in [1.29, 1.82) is 0 Å². The van der Waals surface area contributed by atoms with Crippen LogP contribution in [0.15, 0.2) is 24.3 Å². The summed E-state index contributed by atoms with van der Waals surface area (Å²) in [5.74, 6) is -0.321. The lowest BCUT2D eigenvalue weighted by Gasteiger charge is -2.14. The first kappa shape index (κ1) is 14.5. The molecule has 2 rings (SSSR count). The number of methoxy groups -OCH3 is 1. The highest BCUT2D eigenvalue weighted by Gasteiger charge is 2.13. The molecule has 0 amide bonds. The molecule has 0 saturated heterocycles. The van der Waals surface area contributed by atoms with E-state index in [9.17, 15) is 4.79 Å². The highest BCUT2D eigenvalue weighted by atomic mass is 32.1. The Labute approximate surface area is 122 Å². The molecule has 0 aliphatic rings. The summed E-state index contributed by atoms with van der Waals surface area (Å²) in [6.07, 6.45) is 0. The first-order chi connectivity index (χ1) is 9.51. The average molecular weight is 290 g/mol. The summed E-state index contributed by atoms with van der Waals surface area (Å²) in [4.78, 5) is 17.0. The fourth-order valence-corrected chi connectivity index (χ4v) is 3.01. The number of nitrogens with one attached hydrogen (secondary N) is 1. The number of benzene rings is 1. The van der Waals surface area contributed by atoms with Crippen LogP contribution >= 0.6 is 11.3 Å². The molecule has 106 valence electrons. The van der Waals surface area contributed by atoms with Crippen molar-refractivity contribution < 1.29 is 9.53 Å². The molecule has 0 radical (unpaired) electrons. The minimum atomic E-state index is -0.321. The molecular weight excluding hydrogens is 272 g/mol. The number of carbonyl (C=O) groups excluding carboxylic acids is 1. The molecule has 1 atom stereocenters. The lowest BCUT2D eigenvalue weighted by molar-refractivity contribution is 0.0601. The van der Waals surface area contributed by atoms with Gasteiger partial charge >= 0.3 is 5.97 Å². The largest absolute Gasteiger partial charge is 0.465 e. The van der Waals surface area contributed by atoms with Crippen LogP contribution in [0.1, 0.15) is 38.9 Å². The minimum Gasteiger partial charge on any atom is -0.465 e. The maximum atomic E-state index is 11.4. The predicted octanol–water partition coefficient (Wildman–Crippen LogP) is 3.72. The molecule has 0 aliphatic heterocycles. The maximum absolute atomic E-state index is 11.4. The molecule has 0 spiro atoms. The summed E-state index contributed by atoms with van der Waals surface area (Å²) in [5.41, 5.74) is 2.59. The van der Waals surface area contributed by atoms with Crippen LogP contribution in [0.2, 0.25) is 0 Å². The van der Waals surface area contributed by atoms with E-state index in [4.69, 9.17) is 0 Å². The van der Waals surface area contributed by atoms with E-state index in [1.807, 2.05) is 26.0 Å². The van der Waals surface area contributed by atoms with Gasteiger partial charge in [0.25, 0.3) is 0 Å². The van der Waals surface area contributed by atoms with Crippen molar-refractivity contribution in [2.75, 3.05) is 12.4 Å². The van der Waals surface area contributed by atoms with Gasteiger partial charge in [0.1, 0.15) is 0 Å². The molecule has 1 aromatic carbocycles. The van der Waals surface area contributed by atoms with E-state index in [1.165, 1.54) is 12.0 Å². The number of anilines is 1. The number of hydrogen-bond donors (Lipinski definition) is 1. The molecule has 1 aromatic heterocycles. The van der Waals surface area contributed by atoms with Crippen LogP contribution in [0.3, 0.4) is 0 Å². The molecule has 0 bridgehead atoms. The molecule has 5 heteroatoms. The molecule has 4 nitrogen and oxygen atoms in total. The van der Waals surface area contributed by atoms with Crippen LogP contribution in [0.4, 0.5) is 5.69 Å². The summed E-state index contributed by atoms with van der Waals surface area (Å²) in [7, 11) is 1.38. The van der Waals surface area contributed by atoms with Crippen LogP contribution in [0.5, 0.6) is 0 Å². The van der Waals surface area contributed by atoms with Crippen molar-refractivity contribution in [1.82, 2.24) is 4.98 Å². The number of rotatable bonds is 4. The fraction of sp³-hybridized carbons (Fsp3) is 0.333. The quantitative estimate of drug-likeness (QED) is 0.872. The topological polar surface area (TPSA) is 51.2 Å². The van der Waals surface area contributed by atoms with Crippen molar-refractivity contribution in [3.63, 3.8) is 0 Å². The third-order valence-corrected chi connectivity index (χ3v) is 4.28. The zero-order valence-corrected chi connectivity index (χ0v) is 12.9. The maximum Gasteiger partial charge on any atom is 0.337 e. The van der Waals surface area contributed by atoms with Crippen LogP contribution < -0.4 is 5.32 Å². The van der Waals surface area contributed by atoms with E-state index in [2.05, 4.69) is 22.0 Å². The molecule has 20 heavy (non-hydrogen) atoms. The van der Waals surface area contributed by atoms with Gasteiger partial charge in [-0.2, -0.15) is 0 Å². The third-order valence-electron chi connectivity index (χ3n) is 3.02. The van der Waals surface area contributed by atoms with Gasteiger partial charge in [0.15, 0.2) is 0 Å². The number of ether oxygens (including phenoxy) is 1. The van der Waals surface area contributed by atoms with E-state index >= 15 is 0 Å². The van der Waals surface area contributed by atoms with Crippen LogP contribution in [0.25, 0.3) is 0 Å². The smallest absolute Gasteiger partial charge is 0.337 e. The lowest BCUT2D eigenvalue weighted by atomic mass is 10.2. The summed E-state index contributed by atoms with van der Waals surface area (Å²) in [5, 5.41) is 4.49. The van der Waals surface area contributed by atoms with E-state index in [1.54, 1.807) is 23.5 Å². The van der Waals surface area contributed by atoms with Gasteiger partial charge in [-0.15, -0.1) is 11.3 Å². The van der Waals surface area contributed by atoms with Gasteiger partial charge in [0, 0.05) is 10.6 Å². The van der Waals surface area contributed by atoms with Gasteiger partial charge in [-0.25, -0.2) is 9.78 Å². The van der Waals surface area contributed by atoms with E-state index in [0.29, 0.717) is 5.56 Å². The molecule has 1 N–H and O–H groups in total. The molecular formula is C15H18N2O2S. The Kier molecular flexibility index (Phi) is 4.39. The van der Waals surface area contributed by atoms with E-state index in [0.717, 1.165) is 16.4 Å². The highest BCUT2D eigenvalue weighted by Crippen LogP contribution is 2.27. The monoisotopic (exact) mass is 290 g/mol. The first-order valence-corrected chi connectivity index (χ1v) is 7.21. The average Bonchev–Trinajstić information content (AvgIpc) is 2.78. The molecule has 1 unspecified atom stereocenters. The zero-order valence-electron chi connectivity index (χ0n) is 12.1.